The molecule has 0 fully saturated rings. The highest BCUT2D eigenvalue weighted by atomic mass is 35.5. The van der Waals surface area contributed by atoms with E-state index in [1.165, 1.54) is 10.6 Å². The van der Waals surface area contributed by atoms with E-state index in [-0.39, 0.29) is 30.1 Å². The van der Waals surface area contributed by atoms with Crippen LogP contribution in [0.25, 0.3) is 0 Å². The number of ketones is 2. The van der Waals surface area contributed by atoms with E-state index in [1.54, 1.807) is 31.3 Å². The first-order valence-electron chi connectivity index (χ1n) is 13.7. The highest BCUT2D eigenvalue weighted by molar-refractivity contribution is 6.30. The third-order valence-corrected chi connectivity index (χ3v) is 6.57. The molecule has 0 saturated carbocycles. The number of halogens is 1. The van der Waals surface area contributed by atoms with E-state index in [9.17, 15) is 19.2 Å². The predicted molar refractivity (Wildman–Crippen MR) is 155 cm³/mol. The van der Waals surface area contributed by atoms with Crippen LogP contribution < -0.4 is 10.9 Å². The van der Waals surface area contributed by atoms with Crippen molar-refractivity contribution in [3.8, 4) is 0 Å². The number of carbonyl (C=O) groups excluding carboxylic acids is 3. The maximum Gasteiger partial charge on any atom is 0.330 e. The summed E-state index contributed by atoms with van der Waals surface area (Å²) < 4.78 is 6.30. The van der Waals surface area contributed by atoms with Crippen molar-refractivity contribution in [1.82, 2.24) is 9.88 Å². The van der Waals surface area contributed by atoms with Crippen LogP contribution in [0.1, 0.15) is 64.0 Å². The fraction of sp³-hybridized carbons (Fsp3) is 0.484. The number of ether oxygens (including phenoxy) is 1. The zero-order valence-electron chi connectivity index (χ0n) is 23.3. The number of nitrogens with zero attached hydrogens (tertiary/aromatic N) is 1. The third-order valence-electron chi connectivity index (χ3n) is 6.32. The molecule has 1 N–H and O–H groups in total. The van der Waals surface area contributed by atoms with E-state index in [1.807, 2.05) is 24.3 Å². The van der Waals surface area contributed by atoms with Gasteiger partial charge in [-0.15, -0.1) is 0 Å². The van der Waals surface area contributed by atoms with Crippen molar-refractivity contribution in [3.05, 3.63) is 81.3 Å². The minimum atomic E-state index is -0.505. The lowest BCUT2D eigenvalue weighted by Gasteiger charge is -2.17. The molecule has 8 heteroatoms. The molecule has 0 aliphatic carbocycles. The first kappa shape index (κ1) is 32.2. The predicted octanol–water partition coefficient (Wildman–Crippen LogP) is 5.11. The van der Waals surface area contributed by atoms with E-state index in [4.69, 9.17) is 16.3 Å². The van der Waals surface area contributed by atoms with Gasteiger partial charge in [0, 0.05) is 35.7 Å². The van der Waals surface area contributed by atoms with Gasteiger partial charge in [0.15, 0.2) is 11.6 Å². The van der Waals surface area contributed by atoms with Crippen molar-refractivity contribution in [1.29, 1.82) is 0 Å². The van der Waals surface area contributed by atoms with Crippen LogP contribution in [0.15, 0.2) is 59.5 Å². The molecular weight excluding hydrogens is 516 g/mol. The Balaban J connectivity index is 2.04. The molecule has 0 aliphatic rings. The zero-order chi connectivity index (χ0) is 28.6. The van der Waals surface area contributed by atoms with E-state index in [0.717, 1.165) is 18.4 Å². The Morgan fingerprint density at radius 2 is 1.85 bits per heavy atom. The molecule has 1 aromatic heterocycles. The number of allylic oxidation sites excluding steroid dienone is 1. The van der Waals surface area contributed by atoms with Crippen LogP contribution in [0.5, 0.6) is 0 Å². The molecule has 0 bridgehead atoms. The second-order valence-electron chi connectivity index (χ2n) is 10.0. The Hall–Kier alpha value is -3.03. The van der Waals surface area contributed by atoms with Gasteiger partial charge in [-0.2, -0.15) is 0 Å². The average molecular weight is 557 g/mol. The molecule has 0 unspecified atom stereocenters. The Morgan fingerprint density at radius 1 is 1.10 bits per heavy atom. The number of Topliss-reactive ketones (excluding diaryl/α,β-unsaturated/α-hetero) is 2. The van der Waals surface area contributed by atoms with Gasteiger partial charge in [-0.1, -0.05) is 56.1 Å². The summed E-state index contributed by atoms with van der Waals surface area (Å²) in [6, 6.07) is 10.4. The van der Waals surface area contributed by atoms with Crippen molar-refractivity contribution in [2.75, 3.05) is 13.2 Å². The summed E-state index contributed by atoms with van der Waals surface area (Å²) in [5.74, 6) is 0.00744. The molecule has 1 atom stereocenters. The second kappa shape index (κ2) is 17.5. The number of pyridine rings is 1. The van der Waals surface area contributed by atoms with E-state index in [2.05, 4.69) is 19.2 Å². The highest BCUT2D eigenvalue weighted by Crippen LogP contribution is 2.11. The van der Waals surface area contributed by atoms with Crippen LogP contribution in [-0.2, 0) is 38.5 Å². The smallest absolute Gasteiger partial charge is 0.330 e. The lowest BCUT2D eigenvalue weighted by atomic mass is 10.00. The fourth-order valence-electron chi connectivity index (χ4n) is 4.18. The second-order valence-corrected chi connectivity index (χ2v) is 10.5. The molecule has 7 nitrogen and oxygen atoms in total. The number of aromatic nitrogens is 1. The summed E-state index contributed by atoms with van der Waals surface area (Å²) in [7, 11) is 0. The first-order valence-corrected chi connectivity index (χ1v) is 14.1. The third kappa shape index (κ3) is 12.6. The Morgan fingerprint density at radius 3 is 2.54 bits per heavy atom. The minimum absolute atomic E-state index is 0.0105. The van der Waals surface area contributed by atoms with Crippen molar-refractivity contribution in [2.45, 2.75) is 78.3 Å². The molecular formula is C31H41ClN2O5. The normalized spacial score (nSPS) is 12.1. The molecule has 212 valence electrons. The van der Waals surface area contributed by atoms with Gasteiger partial charge in [0.1, 0.15) is 0 Å². The molecule has 1 heterocycles. The molecule has 0 spiro atoms. The number of hydrogen-bond donors (Lipinski definition) is 1. The van der Waals surface area contributed by atoms with Crippen molar-refractivity contribution in [2.24, 2.45) is 5.92 Å². The van der Waals surface area contributed by atoms with E-state index < -0.39 is 12.0 Å². The lowest BCUT2D eigenvalue weighted by Crippen LogP contribution is -2.40. The van der Waals surface area contributed by atoms with E-state index in [0.29, 0.717) is 55.3 Å². The molecule has 39 heavy (non-hydrogen) atoms. The van der Waals surface area contributed by atoms with Crippen molar-refractivity contribution >= 4 is 29.1 Å². The molecule has 2 rings (SSSR count). The maximum atomic E-state index is 13.3. The fourth-order valence-corrected chi connectivity index (χ4v) is 4.31. The van der Waals surface area contributed by atoms with Gasteiger partial charge in [0.2, 0.25) is 0 Å². The van der Waals surface area contributed by atoms with Crippen LogP contribution in [0.2, 0.25) is 5.02 Å². The van der Waals surface area contributed by atoms with Crippen LogP contribution in [0, 0.1) is 5.92 Å². The zero-order valence-corrected chi connectivity index (χ0v) is 24.0. The molecule has 2 aromatic rings. The summed E-state index contributed by atoms with van der Waals surface area (Å²) >= 11 is 5.97. The maximum absolute atomic E-state index is 13.3. The van der Waals surface area contributed by atoms with Gasteiger partial charge in [-0.25, -0.2) is 4.79 Å². The minimum Gasteiger partial charge on any atom is -0.463 e. The van der Waals surface area contributed by atoms with Crippen LogP contribution in [0.3, 0.4) is 0 Å². The van der Waals surface area contributed by atoms with Crippen molar-refractivity contribution in [3.63, 3.8) is 0 Å². The Bertz CT molecular complexity index is 1150. The summed E-state index contributed by atoms with van der Waals surface area (Å²) in [5.41, 5.74) is 1.14. The Kier molecular flexibility index (Phi) is 14.5. The van der Waals surface area contributed by atoms with Crippen molar-refractivity contribution < 1.29 is 19.1 Å². The van der Waals surface area contributed by atoms with Gasteiger partial charge in [0.25, 0.3) is 5.56 Å². The topological polar surface area (TPSA) is 94.5 Å². The number of esters is 1. The largest absolute Gasteiger partial charge is 0.463 e. The molecule has 0 aliphatic heterocycles. The van der Waals surface area contributed by atoms with Crippen LogP contribution >= 0.6 is 11.6 Å². The molecule has 0 amide bonds. The van der Waals surface area contributed by atoms with Crippen LogP contribution in [0.4, 0.5) is 0 Å². The van der Waals surface area contributed by atoms with Crippen LogP contribution in [-0.4, -0.2) is 41.3 Å². The SMILES string of the molecule is CCOC(=O)/C=C/CC[C@H](NCCc1ccc(Cl)cc1)C(=O)Cc1cccn(CC(=O)CCCC(C)C)c1=O. The monoisotopic (exact) mass is 556 g/mol. The summed E-state index contributed by atoms with van der Waals surface area (Å²) in [6.07, 6.45) is 8.49. The number of benzene rings is 1. The van der Waals surface area contributed by atoms with Gasteiger partial charge < -0.3 is 14.6 Å². The summed E-state index contributed by atoms with van der Waals surface area (Å²) in [6.45, 7) is 6.85. The van der Waals surface area contributed by atoms with E-state index >= 15 is 0 Å². The number of nitrogens with one attached hydrogen (secondary N) is 1. The van der Waals surface area contributed by atoms with Gasteiger partial charge in [-0.3, -0.25) is 14.4 Å². The summed E-state index contributed by atoms with van der Waals surface area (Å²) in [4.78, 5) is 50.3. The summed E-state index contributed by atoms with van der Waals surface area (Å²) in [5, 5.41) is 3.98. The molecule has 1 aromatic carbocycles. The standard InChI is InChI=1S/C31H41ClN2O5/c1-4-39-30(37)13-6-5-12-28(33-19-18-24-14-16-26(32)17-15-24)29(36)21-25-10-8-20-34(31(25)38)22-27(35)11-7-9-23(2)3/h6,8,10,13-17,20,23,28,33H,4-5,7,9,11-12,18-19,21-22H2,1-3H3/b13-6+/t28-/m0/s1. The molecule has 0 radical (unpaired) electrons. The van der Waals surface area contributed by atoms with Gasteiger partial charge in [0.05, 0.1) is 19.2 Å². The lowest BCUT2D eigenvalue weighted by molar-refractivity contribution is -0.137. The number of hydrogen-bond acceptors (Lipinski definition) is 6. The van der Waals surface area contributed by atoms with Gasteiger partial charge >= 0.3 is 5.97 Å². The quantitative estimate of drug-likeness (QED) is 0.202. The van der Waals surface area contributed by atoms with Gasteiger partial charge in [-0.05, 0) is 68.8 Å². The number of rotatable bonds is 18. The highest BCUT2D eigenvalue weighted by Gasteiger charge is 2.19. The Labute approximate surface area is 236 Å². The molecule has 0 saturated heterocycles. The number of carbonyl (C=O) groups is 3. The average Bonchev–Trinajstić information content (AvgIpc) is 2.88. The first-order chi connectivity index (χ1) is 18.7.